The molecule has 0 fully saturated rings. The number of pyridine rings is 1. The second-order valence-electron chi connectivity index (χ2n) is 11.0. The summed E-state index contributed by atoms with van der Waals surface area (Å²) in [6, 6.07) is 37.0. The number of aromatic nitrogens is 6. The molecule has 9 nitrogen and oxygen atoms in total. The molecule has 5 heterocycles. The van der Waals surface area contributed by atoms with Crippen molar-refractivity contribution in [3.63, 3.8) is 0 Å². The molecule has 0 bridgehead atoms. The number of hydrogen-bond acceptors (Lipinski definition) is 7. The molecule has 0 saturated carbocycles. The van der Waals surface area contributed by atoms with Crippen molar-refractivity contribution in [1.82, 2.24) is 29.1 Å². The van der Waals surface area contributed by atoms with Gasteiger partial charge in [0.1, 0.15) is 5.75 Å². The molecule has 1 aliphatic heterocycles. The molecule has 0 unspecified atom stereocenters. The van der Waals surface area contributed by atoms with Gasteiger partial charge in [0.2, 0.25) is 11.8 Å². The third-order valence-corrected chi connectivity index (χ3v) is 8.33. The van der Waals surface area contributed by atoms with Crippen molar-refractivity contribution >= 4 is 50.2 Å². The summed E-state index contributed by atoms with van der Waals surface area (Å²) < 4.78 is 10.7. The highest BCUT2D eigenvalue weighted by Crippen LogP contribution is 2.41. The minimum atomic E-state index is 0.520. The molecule has 8 aromatic rings. The Bertz CT molecular complexity index is 2380. The van der Waals surface area contributed by atoms with Crippen LogP contribution >= 0.6 is 0 Å². The SMILES string of the molecule is CN1CN(c2ccnc(Oc3ccc4c5ccccc5n(-c5nc6nccnc6n5-c5ccccc5)c4c3)c2)c2ccccc21. The van der Waals surface area contributed by atoms with Crippen molar-refractivity contribution < 1.29 is 4.74 Å². The molecule has 1 aliphatic rings. The number of fused-ring (bicyclic) bond motifs is 5. The minimum Gasteiger partial charge on any atom is -0.439 e. The molecular weight excluding hydrogens is 560 g/mol. The van der Waals surface area contributed by atoms with Gasteiger partial charge < -0.3 is 14.5 Å². The molecule has 9 rings (SSSR count). The third kappa shape index (κ3) is 4.01. The van der Waals surface area contributed by atoms with Crippen molar-refractivity contribution in [3.8, 4) is 23.3 Å². The first-order chi connectivity index (χ1) is 22.2. The van der Waals surface area contributed by atoms with Crippen LogP contribution in [0.5, 0.6) is 11.6 Å². The van der Waals surface area contributed by atoms with Gasteiger partial charge in [-0.1, -0.05) is 48.5 Å². The Balaban J connectivity index is 1.18. The fourth-order valence-corrected chi connectivity index (χ4v) is 6.34. The van der Waals surface area contributed by atoms with E-state index in [2.05, 4.69) is 108 Å². The molecule has 216 valence electrons. The lowest BCUT2D eigenvalue weighted by molar-refractivity contribution is 0.463. The molecule has 0 saturated heterocycles. The van der Waals surface area contributed by atoms with E-state index in [0.717, 1.165) is 45.5 Å². The molecule has 4 aromatic carbocycles. The highest BCUT2D eigenvalue weighted by molar-refractivity contribution is 6.09. The van der Waals surface area contributed by atoms with Gasteiger partial charge in [-0.05, 0) is 48.5 Å². The van der Waals surface area contributed by atoms with Gasteiger partial charge in [0.25, 0.3) is 0 Å². The Kier molecular flexibility index (Phi) is 5.58. The van der Waals surface area contributed by atoms with E-state index in [1.807, 2.05) is 42.5 Å². The van der Waals surface area contributed by atoms with Gasteiger partial charge in [-0.25, -0.2) is 15.0 Å². The van der Waals surface area contributed by atoms with Crippen molar-refractivity contribution in [3.05, 3.63) is 128 Å². The monoisotopic (exact) mass is 586 g/mol. The zero-order valence-corrected chi connectivity index (χ0v) is 24.3. The topological polar surface area (TPSA) is 77.1 Å². The molecule has 0 spiro atoms. The Labute approximate surface area is 258 Å². The van der Waals surface area contributed by atoms with E-state index in [-0.39, 0.29) is 0 Å². The molecule has 9 heteroatoms. The van der Waals surface area contributed by atoms with Crippen molar-refractivity contribution in [1.29, 1.82) is 0 Å². The number of rotatable bonds is 5. The van der Waals surface area contributed by atoms with Crippen LogP contribution in [0.4, 0.5) is 17.1 Å². The maximum absolute atomic E-state index is 6.45. The van der Waals surface area contributed by atoms with Crippen molar-refractivity contribution in [2.75, 3.05) is 23.5 Å². The first-order valence-electron chi connectivity index (χ1n) is 14.7. The highest BCUT2D eigenvalue weighted by Gasteiger charge is 2.25. The Morgan fingerprint density at radius 3 is 2.31 bits per heavy atom. The fraction of sp³-hybridized carbons (Fsp3) is 0.0556. The number of para-hydroxylation sites is 4. The number of anilines is 3. The van der Waals surface area contributed by atoms with E-state index < -0.39 is 0 Å². The lowest BCUT2D eigenvalue weighted by Crippen LogP contribution is -2.23. The first-order valence-corrected chi connectivity index (χ1v) is 14.7. The summed E-state index contributed by atoms with van der Waals surface area (Å²) in [4.78, 5) is 23.3. The zero-order valence-electron chi connectivity index (χ0n) is 24.3. The Morgan fingerprint density at radius 2 is 1.40 bits per heavy atom. The van der Waals surface area contributed by atoms with Crippen LogP contribution in [-0.2, 0) is 0 Å². The summed E-state index contributed by atoms with van der Waals surface area (Å²) >= 11 is 0. The predicted molar refractivity (Wildman–Crippen MR) is 177 cm³/mol. The predicted octanol–water partition coefficient (Wildman–Crippen LogP) is 7.65. The first kappa shape index (κ1) is 25.3. The van der Waals surface area contributed by atoms with E-state index >= 15 is 0 Å². The van der Waals surface area contributed by atoms with E-state index in [4.69, 9.17) is 9.72 Å². The molecule has 4 aromatic heterocycles. The fourth-order valence-electron chi connectivity index (χ4n) is 6.34. The quantitative estimate of drug-likeness (QED) is 0.205. The lowest BCUT2D eigenvalue weighted by Gasteiger charge is -2.20. The number of benzene rings is 4. The molecule has 0 amide bonds. The highest BCUT2D eigenvalue weighted by atomic mass is 16.5. The number of ether oxygens (including phenoxy) is 1. The molecule has 0 N–H and O–H groups in total. The number of imidazole rings is 1. The number of nitrogens with zero attached hydrogens (tertiary/aromatic N) is 8. The second-order valence-corrected chi connectivity index (χ2v) is 11.0. The molecule has 0 atom stereocenters. The van der Waals surface area contributed by atoms with Gasteiger partial charge in [0.15, 0.2) is 11.3 Å². The molecule has 45 heavy (non-hydrogen) atoms. The van der Waals surface area contributed by atoms with Gasteiger partial charge in [0, 0.05) is 54.2 Å². The van der Waals surface area contributed by atoms with Crippen LogP contribution in [0, 0.1) is 0 Å². The van der Waals surface area contributed by atoms with Crippen molar-refractivity contribution in [2.45, 2.75) is 0 Å². The summed E-state index contributed by atoms with van der Waals surface area (Å²) in [6.45, 7) is 0.751. The zero-order chi connectivity index (χ0) is 29.9. The van der Waals surface area contributed by atoms with E-state index in [1.165, 1.54) is 5.69 Å². The van der Waals surface area contributed by atoms with Gasteiger partial charge in [-0.2, -0.15) is 4.98 Å². The molecular formula is C36H26N8O. The van der Waals surface area contributed by atoms with Crippen LogP contribution in [0.15, 0.2) is 128 Å². The Morgan fingerprint density at radius 1 is 0.622 bits per heavy atom. The van der Waals surface area contributed by atoms with Crippen molar-refractivity contribution in [2.24, 2.45) is 0 Å². The maximum atomic E-state index is 6.45. The lowest BCUT2D eigenvalue weighted by atomic mass is 10.1. The van der Waals surface area contributed by atoms with E-state index in [9.17, 15) is 0 Å². The van der Waals surface area contributed by atoms with Crippen LogP contribution in [0.25, 0.3) is 44.7 Å². The van der Waals surface area contributed by atoms with Crippen LogP contribution in [0.1, 0.15) is 0 Å². The minimum absolute atomic E-state index is 0.520. The van der Waals surface area contributed by atoms with E-state index in [1.54, 1.807) is 18.6 Å². The van der Waals surface area contributed by atoms with E-state index in [0.29, 0.717) is 28.9 Å². The summed E-state index contributed by atoms with van der Waals surface area (Å²) in [6.07, 6.45) is 5.17. The summed E-state index contributed by atoms with van der Waals surface area (Å²) in [5.74, 6) is 1.89. The summed E-state index contributed by atoms with van der Waals surface area (Å²) in [5.41, 5.74) is 7.56. The summed E-state index contributed by atoms with van der Waals surface area (Å²) in [7, 11) is 2.10. The maximum Gasteiger partial charge on any atom is 0.223 e. The molecule has 0 aliphatic carbocycles. The number of hydrogen-bond donors (Lipinski definition) is 0. The third-order valence-electron chi connectivity index (χ3n) is 8.33. The summed E-state index contributed by atoms with van der Waals surface area (Å²) in [5, 5.41) is 2.20. The second kappa shape index (κ2) is 9.92. The average Bonchev–Trinajstić information content (AvgIpc) is 3.74. The normalized spacial score (nSPS) is 12.8. The van der Waals surface area contributed by atoms with Crippen LogP contribution in [0.3, 0.4) is 0 Å². The standard InChI is InChI=1S/C36H26N8O/c1-41-23-42(31-14-8-7-13-30(31)41)25-17-18-37-33(21-25)45-26-15-16-28-27-11-5-6-12-29(27)44(32(28)22-26)36-40-34-35(39-20-19-38-34)43(36)24-9-3-2-4-10-24/h2-22H,23H2,1H3. The smallest absolute Gasteiger partial charge is 0.223 e. The van der Waals surface area contributed by atoms with Gasteiger partial charge in [-0.3, -0.25) is 9.13 Å². The van der Waals surface area contributed by atoms with Crippen LogP contribution < -0.4 is 14.5 Å². The Hall–Kier alpha value is -6.22. The van der Waals surface area contributed by atoms with Crippen LogP contribution in [0.2, 0.25) is 0 Å². The van der Waals surface area contributed by atoms with Crippen LogP contribution in [-0.4, -0.2) is 42.8 Å². The molecule has 0 radical (unpaired) electrons. The average molecular weight is 587 g/mol. The largest absolute Gasteiger partial charge is 0.439 e. The van der Waals surface area contributed by atoms with Gasteiger partial charge in [0.05, 0.1) is 34.8 Å². The van der Waals surface area contributed by atoms with Gasteiger partial charge >= 0.3 is 0 Å². The van der Waals surface area contributed by atoms with Gasteiger partial charge in [-0.15, -0.1) is 0 Å².